The van der Waals surface area contributed by atoms with Crippen LogP contribution in [-0.2, 0) is 11.2 Å². The minimum absolute atomic E-state index is 0.127. The molecule has 0 saturated heterocycles. The van der Waals surface area contributed by atoms with Crippen LogP contribution in [0.5, 0.6) is 0 Å². The Morgan fingerprint density at radius 1 is 1.19 bits per heavy atom. The summed E-state index contributed by atoms with van der Waals surface area (Å²) in [6.45, 7) is 9.03. The maximum atomic E-state index is 12.2. The number of hydrogen-bond acceptors (Lipinski definition) is 2. The van der Waals surface area contributed by atoms with Gasteiger partial charge >= 0.3 is 0 Å². The van der Waals surface area contributed by atoms with Crippen LogP contribution >= 0.6 is 0 Å². The third-order valence-electron chi connectivity index (χ3n) is 5.27. The summed E-state index contributed by atoms with van der Waals surface area (Å²) >= 11 is 0. The molecule has 0 saturated carbocycles. The molecule has 0 unspecified atom stereocenters. The van der Waals surface area contributed by atoms with Crippen LogP contribution in [0.4, 0.5) is 0 Å². The number of aliphatic imine (C=N–C) groups is 1. The Kier molecular flexibility index (Phi) is 4.03. The Morgan fingerprint density at radius 2 is 2.00 bits per heavy atom. The minimum atomic E-state index is 0.127. The van der Waals surface area contributed by atoms with Crippen LogP contribution in [-0.4, -0.2) is 23.0 Å². The van der Waals surface area contributed by atoms with E-state index < -0.39 is 0 Å². The maximum Gasteiger partial charge on any atom is 0.182 e. The number of hydrogen-bond donors (Lipinski definition) is 1. The summed E-state index contributed by atoms with van der Waals surface area (Å²) in [6, 6.07) is 6.56. The van der Waals surface area contributed by atoms with E-state index in [1.165, 1.54) is 22.0 Å². The SMILES string of the molecule is CC1=CC(=O)C(C(C)C)=C/C1=C/C1=NCCc2c1[nH]c1cc(C)ccc21. The number of carbonyl (C=O) groups excluding carboxylic acids is 1. The molecule has 1 aromatic carbocycles. The lowest BCUT2D eigenvalue weighted by molar-refractivity contribution is -0.111. The van der Waals surface area contributed by atoms with Gasteiger partial charge in [0.25, 0.3) is 0 Å². The van der Waals surface area contributed by atoms with Crippen molar-refractivity contribution in [3.63, 3.8) is 0 Å². The van der Waals surface area contributed by atoms with Gasteiger partial charge in [-0.05, 0) is 72.8 Å². The number of aryl methyl sites for hydroxylation is 1. The molecule has 1 N–H and O–H groups in total. The number of benzene rings is 1. The standard InChI is InChI=1S/C23H24N2O/c1-13(2)19-11-16(15(4)10-22(19)26)12-21-23-18(7-8-24-21)17-6-5-14(3)9-20(17)25-23/h5-6,9-13,25H,7-8H2,1-4H3/b16-12-. The summed E-state index contributed by atoms with van der Waals surface area (Å²) in [5.74, 6) is 0.345. The zero-order valence-corrected chi connectivity index (χ0v) is 15.8. The van der Waals surface area contributed by atoms with E-state index in [2.05, 4.69) is 50.0 Å². The molecule has 26 heavy (non-hydrogen) atoms. The van der Waals surface area contributed by atoms with Crippen LogP contribution in [0.1, 0.15) is 37.6 Å². The monoisotopic (exact) mass is 344 g/mol. The lowest BCUT2D eigenvalue weighted by atomic mass is 9.87. The highest BCUT2D eigenvalue weighted by atomic mass is 16.1. The molecular formula is C23H24N2O. The van der Waals surface area contributed by atoms with Crippen molar-refractivity contribution in [2.45, 2.75) is 34.1 Å². The van der Waals surface area contributed by atoms with E-state index in [1.54, 1.807) is 6.08 Å². The predicted molar refractivity (Wildman–Crippen MR) is 108 cm³/mol. The van der Waals surface area contributed by atoms with Gasteiger partial charge in [-0.15, -0.1) is 0 Å². The van der Waals surface area contributed by atoms with E-state index in [-0.39, 0.29) is 11.7 Å². The van der Waals surface area contributed by atoms with Crippen molar-refractivity contribution in [3.8, 4) is 0 Å². The van der Waals surface area contributed by atoms with Gasteiger partial charge in [0.1, 0.15) is 0 Å². The van der Waals surface area contributed by atoms with Crippen molar-refractivity contribution in [1.29, 1.82) is 0 Å². The molecule has 1 aliphatic carbocycles. The highest BCUT2D eigenvalue weighted by molar-refractivity contribution is 6.14. The first-order valence-electron chi connectivity index (χ1n) is 9.26. The van der Waals surface area contributed by atoms with Gasteiger partial charge in [0.2, 0.25) is 0 Å². The second-order valence-corrected chi connectivity index (χ2v) is 7.59. The Hall–Kier alpha value is -2.68. The first kappa shape index (κ1) is 16.8. The van der Waals surface area contributed by atoms with E-state index in [0.717, 1.165) is 41.1 Å². The first-order chi connectivity index (χ1) is 12.4. The van der Waals surface area contributed by atoms with Crippen LogP contribution in [0.2, 0.25) is 0 Å². The summed E-state index contributed by atoms with van der Waals surface area (Å²) in [4.78, 5) is 20.6. The van der Waals surface area contributed by atoms with Crippen LogP contribution in [0, 0.1) is 12.8 Å². The van der Waals surface area contributed by atoms with Crippen molar-refractivity contribution >= 4 is 22.4 Å². The van der Waals surface area contributed by atoms with E-state index in [0.29, 0.717) is 0 Å². The van der Waals surface area contributed by atoms with Gasteiger partial charge in [0.05, 0.1) is 11.4 Å². The lowest BCUT2D eigenvalue weighted by Crippen LogP contribution is -2.14. The second kappa shape index (κ2) is 6.24. The summed E-state index contributed by atoms with van der Waals surface area (Å²) in [6.07, 6.45) is 6.87. The predicted octanol–water partition coefficient (Wildman–Crippen LogP) is 4.86. The first-order valence-corrected chi connectivity index (χ1v) is 9.26. The molecule has 3 nitrogen and oxygen atoms in total. The van der Waals surface area contributed by atoms with Crippen molar-refractivity contribution < 1.29 is 4.79 Å². The van der Waals surface area contributed by atoms with Crippen molar-refractivity contribution in [2.24, 2.45) is 10.9 Å². The van der Waals surface area contributed by atoms with Crippen LogP contribution < -0.4 is 0 Å². The summed E-state index contributed by atoms with van der Waals surface area (Å²) in [5.41, 5.74) is 8.82. The number of ketones is 1. The number of allylic oxidation sites excluding steroid dienone is 6. The fourth-order valence-corrected chi connectivity index (χ4v) is 3.80. The fraction of sp³-hybridized carbons (Fsp3) is 0.304. The molecule has 4 rings (SSSR count). The van der Waals surface area contributed by atoms with Crippen LogP contribution in [0.15, 0.2) is 58.1 Å². The van der Waals surface area contributed by atoms with E-state index in [4.69, 9.17) is 4.99 Å². The average molecular weight is 344 g/mol. The maximum absolute atomic E-state index is 12.2. The minimum Gasteiger partial charge on any atom is -0.353 e. The highest BCUT2D eigenvalue weighted by Gasteiger charge is 2.21. The van der Waals surface area contributed by atoms with Gasteiger partial charge in [-0.3, -0.25) is 9.79 Å². The Bertz CT molecular complexity index is 1040. The Balaban J connectivity index is 1.82. The summed E-state index contributed by atoms with van der Waals surface area (Å²) in [5, 5.41) is 1.29. The molecule has 132 valence electrons. The Morgan fingerprint density at radius 3 is 2.77 bits per heavy atom. The third-order valence-corrected chi connectivity index (χ3v) is 5.27. The zero-order chi connectivity index (χ0) is 18.4. The molecule has 0 radical (unpaired) electrons. The normalized spacial score (nSPS) is 18.9. The quantitative estimate of drug-likeness (QED) is 0.831. The van der Waals surface area contributed by atoms with Gasteiger partial charge < -0.3 is 4.98 Å². The summed E-state index contributed by atoms with van der Waals surface area (Å²) < 4.78 is 0. The molecule has 0 spiro atoms. The average Bonchev–Trinajstić information content (AvgIpc) is 2.95. The fourth-order valence-electron chi connectivity index (χ4n) is 3.80. The molecule has 2 aromatic rings. The van der Waals surface area contributed by atoms with Gasteiger partial charge in [-0.2, -0.15) is 0 Å². The van der Waals surface area contributed by atoms with Crippen LogP contribution in [0.3, 0.4) is 0 Å². The van der Waals surface area contributed by atoms with Crippen molar-refractivity contribution in [2.75, 3.05) is 6.54 Å². The largest absolute Gasteiger partial charge is 0.353 e. The van der Waals surface area contributed by atoms with Gasteiger partial charge in [-0.1, -0.05) is 26.0 Å². The molecule has 1 aromatic heterocycles. The van der Waals surface area contributed by atoms with Crippen LogP contribution in [0.25, 0.3) is 10.9 Å². The lowest BCUT2D eigenvalue weighted by Gasteiger charge is -2.17. The smallest absolute Gasteiger partial charge is 0.182 e. The van der Waals surface area contributed by atoms with Gasteiger partial charge in [-0.25, -0.2) is 0 Å². The van der Waals surface area contributed by atoms with E-state index in [9.17, 15) is 4.79 Å². The molecule has 0 fully saturated rings. The molecule has 3 heteroatoms. The van der Waals surface area contributed by atoms with Crippen molar-refractivity contribution in [1.82, 2.24) is 4.98 Å². The molecule has 2 aliphatic rings. The molecule has 0 bridgehead atoms. The van der Waals surface area contributed by atoms with Crippen molar-refractivity contribution in [3.05, 3.63) is 70.0 Å². The second-order valence-electron chi connectivity index (χ2n) is 7.59. The molecular weight excluding hydrogens is 320 g/mol. The van der Waals surface area contributed by atoms with E-state index in [1.807, 2.05) is 13.0 Å². The Labute approximate surface area is 154 Å². The summed E-state index contributed by atoms with van der Waals surface area (Å²) in [7, 11) is 0. The number of aromatic nitrogens is 1. The molecule has 0 amide bonds. The van der Waals surface area contributed by atoms with Gasteiger partial charge in [0, 0.05) is 23.0 Å². The highest BCUT2D eigenvalue weighted by Crippen LogP contribution is 2.30. The molecule has 2 heterocycles. The number of nitrogens with one attached hydrogen (secondary N) is 1. The number of carbonyl (C=O) groups is 1. The molecule has 1 aliphatic heterocycles. The van der Waals surface area contributed by atoms with E-state index >= 15 is 0 Å². The topological polar surface area (TPSA) is 45.2 Å². The number of H-pyrrole nitrogens is 1. The third kappa shape index (κ3) is 2.78. The number of aromatic amines is 1. The number of rotatable bonds is 2. The van der Waals surface area contributed by atoms with Gasteiger partial charge in [0.15, 0.2) is 5.78 Å². The number of nitrogens with zero attached hydrogens (tertiary/aromatic N) is 1. The number of fused-ring (bicyclic) bond motifs is 3. The molecule has 0 atom stereocenters. The zero-order valence-electron chi connectivity index (χ0n) is 15.8.